The summed E-state index contributed by atoms with van der Waals surface area (Å²) in [5.41, 5.74) is 8.38. The summed E-state index contributed by atoms with van der Waals surface area (Å²) >= 11 is 3.49. The van der Waals surface area contributed by atoms with Crippen LogP contribution in [0.15, 0.2) is 59.1 Å². The highest BCUT2D eigenvalue weighted by atomic mass is 79.9. The molecule has 120 valence electrons. The Hall–Kier alpha value is -1.65. The molecule has 0 spiro atoms. The predicted molar refractivity (Wildman–Crippen MR) is 95.7 cm³/mol. The minimum atomic E-state index is -0.243. The van der Waals surface area contributed by atoms with Crippen LogP contribution in [-0.4, -0.2) is 16.8 Å². The molecule has 1 unspecified atom stereocenters. The van der Waals surface area contributed by atoms with E-state index in [1.807, 2.05) is 47.4 Å². The summed E-state index contributed by atoms with van der Waals surface area (Å²) in [6, 6.07) is 18.1. The van der Waals surface area contributed by atoms with Gasteiger partial charge in [-0.05, 0) is 36.1 Å². The maximum atomic E-state index is 12.7. The zero-order chi connectivity index (χ0) is 16.2. The number of nitrogens with zero attached hydrogens (tertiary/aromatic N) is 1. The summed E-state index contributed by atoms with van der Waals surface area (Å²) in [4.78, 5) is 14.7. The molecule has 1 amide bonds. The van der Waals surface area contributed by atoms with Gasteiger partial charge in [-0.1, -0.05) is 58.4 Å². The molecular weight excluding hydrogens is 352 g/mol. The smallest absolute Gasteiger partial charge is 0.225 e. The fourth-order valence-corrected chi connectivity index (χ4v) is 3.21. The van der Waals surface area contributed by atoms with Gasteiger partial charge in [-0.15, -0.1) is 0 Å². The van der Waals surface area contributed by atoms with Crippen molar-refractivity contribution >= 4 is 21.8 Å². The second-order valence-electron chi connectivity index (χ2n) is 6.10. The number of carbonyl (C=O) groups is 1. The molecule has 1 aliphatic rings. The molecule has 23 heavy (non-hydrogen) atoms. The zero-order valence-electron chi connectivity index (χ0n) is 13.0. The highest BCUT2D eigenvalue weighted by Crippen LogP contribution is 2.30. The van der Waals surface area contributed by atoms with Crippen LogP contribution < -0.4 is 5.73 Å². The normalized spacial score (nSPS) is 15.2. The Labute approximate surface area is 145 Å². The van der Waals surface area contributed by atoms with Gasteiger partial charge in [0.05, 0.1) is 0 Å². The molecule has 1 fully saturated rings. The first-order valence-corrected chi connectivity index (χ1v) is 8.77. The molecule has 1 aliphatic carbocycles. The second-order valence-corrected chi connectivity index (χ2v) is 7.02. The monoisotopic (exact) mass is 372 g/mol. The van der Waals surface area contributed by atoms with Crippen molar-refractivity contribution < 1.29 is 4.79 Å². The average Bonchev–Trinajstić information content (AvgIpc) is 3.38. The van der Waals surface area contributed by atoms with E-state index >= 15 is 0 Å². The van der Waals surface area contributed by atoms with Crippen molar-refractivity contribution in [2.24, 2.45) is 5.73 Å². The summed E-state index contributed by atoms with van der Waals surface area (Å²) in [6.45, 7) is 0.657. The van der Waals surface area contributed by atoms with E-state index in [1.165, 1.54) is 0 Å². The van der Waals surface area contributed by atoms with Gasteiger partial charge in [0.1, 0.15) is 0 Å². The molecule has 0 bridgehead atoms. The van der Waals surface area contributed by atoms with E-state index in [-0.39, 0.29) is 11.9 Å². The van der Waals surface area contributed by atoms with Crippen LogP contribution in [0.1, 0.15) is 36.4 Å². The Morgan fingerprint density at radius 3 is 2.57 bits per heavy atom. The third kappa shape index (κ3) is 4.43. The van der Waals surface area contributed by atoms with Gasteiger partial charge in [0.25, 0.3) is 0 Å². The molecule has 0 saturated heterocycles. The summed E-state index contributed by atoms with van der Waals surface area (Å²) in [6.07, 6.45) is 2.55. The molecule has 0 radical (unpaired) electrons. The number of nitrogens with two attached hydrogens (primary N) is 1. The van der Waals surface area contributed by atoms with Gasteiger partial charge in [-0.25, -0.2) is 0 Å². The minimum absolute atomic E-state index is 0.142. The lowest BCUT2D eigenvalue weighted by Crippen LogP contribution is -2.34. The first-order chi connectivity index (χ1) is 11.1. The molecule has 2 aromatic rings. The van der Waals surface area contributed by atoms with Crippen LogP contribution in [0.2, 0.25) is 0 Å². The zero-order valence-corrected chi connectivity index (χ0v) is 14.6. The molecule has 4 heteroatoms. The molecule has 2 aromatic carbocycles. The highest BCUT2D eigenvalue weighted by molar-refractivity contribution is 9.10. The lowest BCUT2D eigenvalue weighted by molar-refractivity contribution is -0.132. The molecule has 0 aliphatic heterocycles. The van der Waals surface area contributed by atoms with Gasteiger partial charge >= 0.3 is 0 Å². The fourth-order valence-electron chi connectivity index (χ4n) is 2.76. The van der Waals surface area contributed by atoms with Crippen LogP contribution in [0.5, 0.6) is 0 Å². The Kier molecular flexibility index (Phi) is 5.13. The maximum absolute atomic E-state index is 12.7. The summed E-state index contributed by atoms with van der Waals surface area (Å²) in [5, 5.41) is 0. The van der Waals surface area contributed by atoms with Crippen molar-refractivity contribution in [3.05, 3.63) is 70.2 Å². The van der Waals surface area contributed by atoms with Gasteiger partial charge in [-0.3, -0.25) is 4.79 Å². The van der Waals surface area contributed by atoms with E-state index in [4.69, 9.17) is 5.73 Å². The van der Waals surface area contributed by atoms with Crippen molar-refractivity contribution in [2.75, 3.05) is 0 Å². The second kappa shape index (κ2) is 7.28. The van der Waals surface area contributed by atoms with E-state index in [9.17, 15) is 4.79 Å². The Bertz CT molecular complexity index is 670. The van der Waals surface area contributed by atoms with Gasteiger partial charge in [-0.2, -0.15) is 0 Å². The summed E-state index contributed by atoms with van der Waals surface area (Å²) in [5.74, 6) is 0.142. The number of hydrogen-bond donors (Lipinski definition) is 1. The van der Waals surface area contributed by atoms with Crippen LogP contribution in [0.3, 0.4) is 0 Å². The predicted octanol–water partition coefficient (Wildman–Crippen LogP) is 4.03. The summed E-state index contributed by atoms with van der Waals surface area (Å²) < 4.78 is 1.04. The molecule has 3 rings (SSSR count). The van der Waals surface area contributed by atoms with Crippen LogP contribution in [-0.2, 0) is 11.3 Å². The quantitative estimate of drug-likeness (QED) is 0.831. The maximum Gasteiger partial charge on any atom is 0.225 e. The topological polar surface area (TPSA) is 46.3 Å². The van der Waals surface area contributed by atoms with Gasteiger partial charge in [0, 0.05) is 29.5 Å². The highest BCUT2D eigenvalue weighted by Gasteiger charge is 2.33. The first-order valence-electron chi connectivity index (χ1n) is 7.98. The Morgan fingerprint density at radius 2 is 1.91 bits per heavy atom. The molecule has 3 nitrogen and oxygen atoms in total. The molecule has 1 saturated carbocycles. The van der Waals surface area contributed by atoms with Gasteiger partial charge in [0.2, 0.25) is 5.91 Å². The molecule has 2 N–H and O–H groups in total. The lowest BCUT2D eigenvalue weighted by atomic mass is 10.0. The van der Waals surface area contributed by atoms with E-state index in [2.05, 4.69) is 28.1 Å². The van der Waals surface area contributed by atoms with Gasteiger partial charge < -0.3 is 10.6 Å². The fraction of sp³-hybridized carbons (Fsp3) is 0.316. The van der Waals surface area contributed by atoms with Crippen LogP contribution in [0.25, 0.3) is 0 Å². The number of rotatable bonds is 6. The van der Waals surface area contributed by atoms with Crippen LogP contribution in [0, 0.1) is 0 Å². The molecule has 0 heterocycles. The molecule has 0 aromatic heterocycles. The number of amides is 1. The Morgan fingerprint density at radius 1 is 1.17 bits per heavy atom. The van der Waals surface area contributed by atoms with E-state index in [1.54, 1.807) is 0 Å². The van der Waals surface area contributed by atoms with E-state index in [0.29, 0.717) is 19.0 Å². The van der Waals surface area contributed by atoms with Gasteiger partial charge in [0.15, 0.2) is 0 Å². The minimum Gasteiger partial charge on any atom is -0.335 e. The third-order valence-corrected chi connectivity index (χ3v) is 4.67. The van der Waals surface area contributed by atoms with Crippen LogP contribution >= 0.6 is 15.9 Å². The Balaban J connectivity index is 1.67. The van der Waals surface area contributed by atoms with Crippen molar-refractivity contribution in [3.63, 3.8) is 0 Å². The third-order valence-electron chi connectivity index (χ3n) is 4.17. The van der Waals surface area contributed by atoms with Crippen molar-refractivity contribution in [2.45, 2.75) is 37.9 Å². The SMILES string of the molecule is NC(CC(=O)N(Cc1cccc(Br)c1)C1CC1)c1ccccc1. The molecular formula is C19H21BrN2O. The van der Waals surface area contributed by atoms with E-state index < -0.39 is 0 Å². The first kappa shape index (κ1) is 16.2. The lowest BCUT2D eigenvalue weighted by Gasteiger charge is -2.24. The number of halogens is 1. The summed E-state index contributed by atoms with van der Waals surface area (Å²) in [7, 11) is 0. The van der Waals surface area contributed by atoms with E-state index in [0.717, 1.165) is 28.4 Å². The number of benzene rings is 2. The van der Waals surface area contributed by atoms with Crippen molar-refractivity contribution in [1.82, 2.24) is 4.90 Å². The van der Waals surface area contributed by atoms with Crippen LogP contribution in [0.4, 0.5) is 0 Å². The average molecular weight is 373 g/mol. The number of hydrogen-bond acceptors (Lipinski definition) is 2. The van der Waals surface area contributed by atoms with Crippen molar-refractivity contribution in [1.29, 1.82) is 0 Å². The largest absolute Gasteiger partial charge is 0.335 e. The van der Waals surface area contributed by atoms with Crippen molar-refractivity contribution in [3.8, 4) is 0 Å². The standard InChI is InChI=1S/C19H21BrN2O/c20-16-8-4-5-14(11-16)13-22(17-9-10-17)19(23)12-18(21)15-6-2-1-3-7-15/h1-8,11,17-18H,9-10,12-13,21H2. The molecule has 1 atom stereocenters. The number of carbonyl (C=O) groups excluding carboxylic acids is 1.